The Hall–Kier alpha value is -4.16. The van der Waals surface area contributed by atoms with Gasteiger partial charge in [-0.2, -0.15) is 10.2 Å². The van der Waals surface area contributed by atoms with Crippen molar-refractivity contribution in [2.24, 2.45) is 12.8 Å². The number of nitrogens with two attached hydrogens (primary N) is 1. The maximum atomic E-state index is 13.1. The largest absolute Gasteiger partial charge is 0.383 e. The Labute approximate surface area is 230 Å². The van der Waals surface area contributed by atoms with E-state index in [2.05, 4.69) is 20.4 Å². The first-order valence-corrected chi connectivity index (χ1v) is 12.7. The highest BCUT2D eigenvalue weighted by Crippen LogP contribution is 2.30. The van der Waals surface area contributed by atoms with Crippen molar-refractivity contribution in [3.63, 3.8) is 0 Å². The molecule has 0 radical (unpaired) electrons. The van der Waals surface area contributed by atoms with E-state index in [1.54, 1.807) is 22.7 Å². The molecule has 40 heavy (non-hydrogen) atoms. The van der Waals surface area contributed by atoms with Crippen LogP contribution in [0.25, 0.3) is 16.9 Å². The van der Waals surface area contributed by atoms with Crippen molar-refractivity contribution in [1.82, 2.24) is 24.5 Å². The van der Waals surface area contributed by atoms with Crippen molar-refractivity contribution in [3.05, 3.63) is 83.4 Å². The van der Waals surface area contributed by atoms with Crippen molar-refractivity contribution in [1.29, 1.82) is 0 Å². The molecule has 1 unspecified atom stereocenters. The third-order valence-electron chi connectivity index (χ3n) is 6.70. The number of anilines is 1. The number of primary amides is 1. The number of nitrogens with zero attached hydrogens (tertiary/aromatic N) is 5. The lowest BCUT2D eigenvalue weighted by Crippen LogP contribution is -2.24. The number of ether oxygens (including phenoxy) is 1. The molecule has 1 aliphatic heterocycles. The summed E-state index contributed by atoms with van der Waals surface area (Å²) in [5.41, 5.74) is 9.11. The number of urea groups is 1. The molecule has 9 nitrogen and oxygen atoms in total. The monoisotopic (exact) mass is 555 g/mol. The molecule has 0 spiro atoms. The molecule has 2 aromatic carbocycles. The van der Waals surface area contributed by atoms with Crippen molar-refractivity contribution in [2.75, 3.05) is 38.7 Å². The molecule has 0 saturated carbocycles. The summed E-state index contributed by atoms with van der Waals surface area (Å²) in [7, 11) is 3.48. The van der Waals surface area contributed by atoms with Crippen LogP contribution in [0.3, 0.4) is 0 Å². The van der Waals surface area contributed by atoms with E-state index in [4.69, 9.17) is 10.5 Å². The van der Waals surface area contributed by atoms with Gasteiger partial charge in [-0.3, -0.25) is 10.00 Å². The van der Waals surface area contributed by atoms with Gasteiger partial charge in [-0.05, 0) is 55.6 Å². The number of benzene rings is 2. The van der Waals surface area contributed by atoms with Gasteiger partial charge >= 0.3 is 6.03 Å². The van der Waals surface area contributed by atoms with Crippen LogP contribution < -0.4 is 11.1 Å². The van der Waals surface area contributed by atoms with Crippen LogP contribution in [-0.4, -0.2) is 63.8 Å². The van der Waals surface area contributed by atoms with Crippen molar-refractivity contribution in [2.45, 2.75) is 19.3 Å². The second kappa shape index (κ2) is 12.8. The van der Waals surface area contributed by atoms with Crippen LogP contribution in [0.1, 0.15) is 23.5 Å². The number of para-hydroxylation sites is 1. The Bertz CT molecular complexity index is 1430. The minimum Gasteiger partial charge on any atom is -0.383 e. The predicted octanol–water partition coefficient (Wildman–Crippen LogP) is 4.61. The topological polar surface area (TPSA) is 103 Å². The number of hydrogen-bond donors (Lipinski definition) is 2. The van der Waals surface area contributed by atoms with Gasteiger partial charge in [0.2, 0.25) is 0 Å². The number of hydrogen-bond acceptors (Lipinski definition) is 5. The summed E-state index contributed by atoms with van der Waals surface area (Å²) in [5.74, 6) is -3.00. The van der Waals surface area contributed by atoms with Crippen LogP contribution in [0.15, 0.2) is 54.9 Å². The fourth-order valence-corrected chi connectivity index (χ4v) is 4.67. The normalized spacial score (nSPS) is 15.1. The highest BCUT2D eigenvalue weighted by Gasteiger charge is 2.25. The Balaban J connectivity index is 0.000000189. The lowest BCUT2D eigenvalue weighted by Gasteiger charge is -2.15. The lowest BCUT2D eigenvalue weighted by molar-refractivity contribution is 0.160. The van der Waals surface area contributed by atoms with E-state index >= 15 is 0 Å². The van der Waals surface area contributed by atoms with E-state index in [1.807, 2.05) is 50.5 Å². The standard InChI is InChI=1S/C15H16N6O.C13H16F3NO/c1-10-13(11-8-17-20(2)9-11)19-21(14(10)18-15(16)22)12-6-4-3-5-7-12;1-18-5-4-17-3-2-9(8-17)10-6-11(14)13(16)12(15)7-10/h3-9H,1-2H3,(H3,16,18,22);6-7,9H,2-5,8H2,1H3. The zero-order chi connectivity index (χ0) is 28.8. The third kappa shape index (κ3) is 6.69. The van der Waals surface area contributed by atoms with Gasteiger partial charge in [0.15, 0.2) is 17.5 Å². The summed E-state index contributed by atoms with van der Waals surface area (Å²) >= 11 is 0. The number of nitrogens with one attached hydrogen (secondary N) is 1. The third-order valence-corrected chi connectivity index (χ3v) is 6.70. The Morgan fingerprint density at radius 2 is 1.88 bits per heavy atom. The highest BCUT2D eigenvalue weighted by atomic mass is 19.2. The number of halogens is 3. The van der Waals surface area contributed by atoms with Gasteiger partial charge in [-0.15, -0.1) is 0 Å². The molecular formula is C28H32F3N7O2. The van der Waals surface area contributed by atoms with E-state index < -0.39 is 23.5 Å². The molecule has 5 rings (SSSR count). The SMILES string of the molecule is COCCN1CCC(c2cc(F)c(F)c(F)c2)C1.Cc1c(-c2cnn(C)c2)nn(-c2ccccc2)c1NC(N)=O. The van der Waals surface area contributed by atoms with E-state index in [9.17, 15) is 18.0 Å². The highest BCUT2D eigenvalue weighted by molar-refractivity contribution is 5.89. The molecule has 3 N–H and O–H groups in total. The van der Waals surface area contributed by atoms with Crippen LogP contribution in [0.2, 0.25) is 0 Å². The average Bonchev–Trinajstić information content (AvgIpc) is 3.66. The van der Waals surface area contributed by atoms with Gasteiger partial charge in [0.25, 0.3) is 0 Å². The molecular weight excluding hydrogens is 523 g/mol. The average molecular weight is 556 g/mol. The number of carbonyl (C=O) groups excluding carboxylic acids is 1. The predicted molar refractivity (Wildman–Crippen MR) is 146 cm³/mol. The minimum atomic E-state index is -1.40. The summed E-state index contributed by atoms with van der Waals surface area (Å²) in [6.45, 7) is 4.93. The van der Waals surface area contributed by atoms with Crippen molar-refractivity contribution in [3.8, 4) is 16.9 Å². The maximum Gasteiger partial charge on any atom is 0.317 e. The van der Waals surface area contributed by atoms with E-state index in [1.165, 1.54) is 0 Å². The Morgan fingerprint density at radius 1 is 1.18 bits per heavy atom. The smallest absolute Gasteiger partial charge is 0.317 e. The fraction of sp³-hybridized carbons (Fsp3) is 0.321. The first-order valence-electron chi connectivity index (χ1n) is 12.7. The molecule has 1 saturated heterocycles. The first kappa shape index (κ1) is 28.8. The second-order valence-electron chi connectivity index (χ2n) is 9.54. The molecule has 1 fully saturated rings. The van der Waals surface area contributed by atoms with E-state index in [-0.39, 0.29) is 5.92 Å². The summed E-state index contributed by atoms with van der Waals surface area (Å²) in [6, 6.07) is 11.1. The van der Waals surface area contributed by atoms with Crippen LogP contribution in [0.5, 0.6) is 0 Å². The van der Waals surface area contributed by atoms with Gasteiger partial charge in [-0.25, -0.2) is 22.6 Å². The number of methoxy groups -OCH3 is 1. The fourth-order valence-electron chi connectivity index (χ4n) is 4.67. The van der Waals surface area contributed by atoms with Gasteiger partial charge in [-0.1, -0.05) is 18.2 Å². The molecule has 2 amide bonds. The molecule has 0 bridgehead atoms. The molecule has 212 valence electrons. The zero-order valence-corrected chi connectivity index (χ0v) is 22.6. The molecule has 12 heteroatoms. The summed E-state index contributed by atoms with van der Waals surface area (Å²) in [5, 5.41) is 11.4. The van der Waals surface area contributed by atoms with E-state index in [0.717, 1.165) is 60.7 Å². The van der Waals surface area contributed by atoms with E-state index in [0.29, 0.717) is 18.0 Å². The maximum absolute atomic E-state index is 13.1. The van der Waals surface area contributed by atoms with Gasteiger partial charge < -0.3 is 15.4 Å². The molecule has 3 heterocycles. The number of amides is 2. The molecule has 1 atom stereocenters. The Morgan fingerprint density at radius 3 is 2.48 bits per heavy atom. The number of likely N-dealkylation sites (tertiary alicyclic amines) is 1. The van der Waals surface area contributed by atoms with Gasteiger partial charge in [0, 0.05) is 44.6 Å². The van der Waals surface area contributed by atoms with Crippen molar-refractivity contribution < 1.29 is 22.7 Å². The van der Waals surface area contributed by atoms with Crippen LogP contribution in [0.4, 0.5) is 23.8 Å². The first-order chi connectivity index (χ1) is 19.2. The lowest BCUT2D eigenvalue weighted by atomic mass is 9.98. The van der Waals surface area contributed by atoms with Crippen molar-refractivity contribution >= 4 is 11.8 Å². The minimum absolute atomic E-state index is 0.0615. The van der Waals surface area contributed by atoms with Crippen LogP contribution in [-0.2, 0) is 11.8 Å². The van der Waals surface area contributed by atoms with Crippen LogP contribution in [0, 0.1) is 24.4 Å². The second-order valence-corrected chi connectivity index (χ2v) is 9.54. The molecule has 0 aliphatic carbocycles. The molecule has 1 aliphatic rings. The number of rotatable bonds is 7. The molecule has 4 aromatic rings. The van der Waals surface area contributed by atoms with Crippen LogP contribution >= 0.6 is 0 Å². The summed E-state index contributed by atoms with van der Waals surface area (Å²) in [6.07, 6.45) is 4.44. The number of aromatic nitrogens is 4. The number of aryl methyl sites for hydroxylation is 1. The van der Waals surface area contributed by atoms with Gasteiger partial charge in [0.1, 0.15) is 11.5 Å². The molecule has 2 aromatic heterocycles. The zero-order valence-electron chi connectivity index (χ0n) is 22.6. The van der Waals surface area contributed by atoms with Gasteiger partial charge in [0.05, 0.1) is 18.5 Å². The quantitative estimate of drug-likeness (QED) is 0.324. The Kier molecular flexibility index (Phi) is 9.22. The summed E-state index contributed by atoms with van der Waals surface area (Å²) < 4.78 is 47.5. The summed E-state index contributed by atoms with van der Waals surface area (Å²) in [4.78, 5) is 13.5. The number of carbonyl (C=O) groups is 1.